The van der Waals surface area contributed by atoms with Crippen LogP contribution in [0.4, 0.5) is 0 Å². The van der Waals surface area contributed by atoms with Crippen LogP contribution in [0.3, 0.4) is 0 Å². The SMILES string of the molecule is CC(C)NCc1cccc(COC2CCOC2)n1. The van der Waals surface area contributed by atoms with Crippen LogP contribution in [-0.2, 0) is 22.6 Å². The van der Waals surface area contributed by atoms with Gasteiger partial charge in [0.05, 0.1) is 30.7 Å². The van der Waals surface area contributed by atoms with E-state index in [1.165, 1.54) is 0 Å². The number of nitrogens with one attached hydrogen (secondary N) is 1. The quantitative estimate of drug-likeness (QED) is 0.837. The standard InChI is InChI=1S/C14H22N2O2/c1-11(2)15-8-12-4-3-5-13(16-12)9-18-14-6-7-17-10-14/h3-5,11,14-15H,6-10H2,1-2H3. The van der Waals surface area contributed by atoms with Crippen LogP contribution in [-0.4, -0.2) is 30.3 Å². The number of ether oxygens (including phenoxy) is 2. The molecule has 1 aliphatic heterocycles. The summed E-state index contributed by atoms with van der Waals surface area (Å²) in [5, 5.41) is 3.36. The van der Waals surface area contributed by atoms with Crippen molar-refractivity contribution >= 4 is 0 Å². The van der Waals surface area contributed by atoms with Crippen molar-refractivity contribution in [3.05, 3.63) is 29.6 Å². The van der Waals surface area contributed by atoms with E-state index in [4.69, 9.17) is 9.47 Å². The van der Waals surface area contributed by atoms with Gasteiger partial charge in [-0.15, -0.1) is 0 Å². The van der Waals surface area contributed by atoms with Gasteiger partial charge in [-0.3, -0.25) is 4.98 Å². The van der Waals surface area contributed by atoms with E-state index in [1.807, 2.05) is 18.2 Å². The maximum Gasteiger partial charge on any atom is 0.0892 e. The Morgan fingerprint density at radius 3 is 3.00 bits per heavy atom. The third-order valence-electron chi connectivity index (χ3n) is 2.91. The van der Waals surface area contributed by atoms with Crippen LogP contribution < -0.4 is 5.32 Å². The van der Waals surface area contributed by atoms with Gasteiger partial charge in [0.2, 0.25) is 0 Å². The Balaban J connectivity index is 1.82. The maximum atomic E-state index is 5.76. The van der Waals surface area contributed by atoms with E-state index in [0.29, 0.717) is 19.3 Å². The number of rotatable bonds is 6. The van der Waals surface area contributed by atoms with Crippen molar-refractivity contribution in [2.45, 2.75) is 45.6 Å². The summed E-state index contributed by atoms with van der Waals surface area (Å²) in [6.07, 6.45) is 1.23. The first kappa shape index (κ1) is 13.5. The zero-order valence-corrected chi connectivity index (χ0v) is 11.2. The average Bonchev–Trinajstić information content (AvgIpc) is 2.87. The molecular formula is C14H22N2O2. The summed E-state index contributed by atoms with van der Waals surface area (Å²) in [4.78, 5) is 4.58. The van der Waals surface area contributed by atoms with Crippen molar-refractivity contribution in [2.24, 2.45) is 0 Å². The molecule has 0 bridgehead atoms. The second-order valence-electron chi connectivity index (χ2n) is 4.95. The highest BCUT2D eigenvalue weighted by Crippen LogP contribution is 2.11. The van der Waals surface area contributed by atoms with Gasteiger partial charge >= 0.3 is 0 Å². The zero-order chi connectivity index (χ0) is 12.8. The highest BCUT2D eigenvalue weighted by molar-refractivity contribution is 5.10. The van der Waals surface area contributed by atoms with E-state index in [-0.39, 0.29) is 6.10 Å². The Bertz CT molecular complexity index is 363. The minimum Gasteiger partial charge on any atom is -0.379 e. The maximum absolute atomic E-state index is 5.76. The molecule has 2 heterocycles. The third-order valence-corrected chi connectivity index (χ3v) is 2.91. The summed E-state index contributed by atoms with van der Waals surface area (Å²) in [7, 11) is 0. The molecule has 1 fully saturated rings. The first-order chi connectivity index (χ1) is 8.74. The van der Waals surface area contributed by atoms with Crippen LogP contribution >= 0.6 is 0 Å². The molecule has 0 radical (unpaired) electrons. The first-order valence-corrected chi connectivity index (χ1v) is 6.61. The highest BCUT2D eigenvalue weighted by atomic mass is 16.5. The van der Waals surface area contributed by atoms with Gasteiger partial charge in [0, 0.05) is 19.2 Å². The molecule has 0 aliphatic carbocycles. The minimum atomic E-state index is 0.240. The van der Waals surface area contributed by atoms with Gasteiger partial charge in [0.15, 0.2) is 0 Å². The van der Waals surface area contributed by atoms with E-state index >= 15 is 0 Å². The van der Waals surface area contributed by atoms with Gasteiger partial charge < -0.3 is 14.8 Å². The smallest absolute Gasteiger partial charge is 0.0892 e. The molecule has 0 saturated carbocycles. The second-order valence-corrected chi connectivity index (χ2v) is 4.95. The lowest BCUT2D eigenvalue weighted by Crippen LogP contribution is -2.22. The fourth-order valence-corrected chi connectivity index (χ4v) is 1.86. The van der Waals surface area contributed by atoms with Crippen LogP contribution in [0.2, 0.25) is 0 Å². The molecule has 0 aromatic carbocycles. The molecule has 100 valence electrons. The fourth-order valence-electron chi connectivity index (χ4n) is 1.86. The van der Waals surface area contributed by atoms with Crippen LogP contribution in [0.5, 0.6) is 0 Å². The summed E-state index contributed by atoms with van der Waals surface area (Å²) in [6, 6.07) is 6.56. The van der Waals surface area contributed by atoms with Crippen LogP contribution in [0, 0.1) is 0 Å². The Labute approximate surface area is 109 Å². The monoisotopic (exact) mass is 250 g/mol. The predicted octanol–water partition coefficient (Wildman–Crippen LogP) is 1.89. The molecular weight excluding hydrogens is 228 g/mol. The normalized spacial score (nSPS) is 19.6. The van der Waals surface area contributed by atoms with Crippen molar-refractivity contribution < 1.29 is 9.47 Å². The third kappa shape index (κ3) is 4.37. The molecule has 18 heavy (non-hydrogen) atoms. The zero-order valence-electron chi connectivity index (χ0n) is 11.2. The summed E-state index contributed by atoms with van der Waals surface area (Å²) < 4.78 is 11.0. The highest BCUT2D eigenvalue weighted by Gasteiger charge is 2.16. The predicted molar refractivity (Wildman–Crippen MR) is 70.2 cm³/mol. The number of nitrogens with zero attached hydrogens (tertiary/aromatic N) is 1. The van der Waals surface area contributed by atoms with Crippen LogP contribution in [0.15, 0.2) is 18.2 Å². The molecule has 1 aliphatic rings. The number of aromatic nitrogens is 1. The second kappa shape index (κ2) is 6.83. The summed E-state index contributed by atoms with van der Waals surface area (Å²) >= 11 is 0. The van der Waals surface area contributed by atoms with Crippen molar-refractivity contribution in [1.82, 2.24) is 10.3 Å². The molecule has 1 unspecified atom stereocenters. The van der Waals surface area contributed by atoms with Gasteiger partial charge in [0.25, 0.3) is 0 Å². The first-order valence-electron chi connectivity index (χ1n) is 6.61. The van der Waals surface area contributed by atoms with Crippen molar-refractivity contribution in [2.75, 3.05) is 13.2 Å². The molecule has 1 aromatic heterocycles. The molecule has 1 aromatic rings. The molecule has 1 saturated heterocycles. The molecule has 4 nitrogen and oxygen atoms in total. The number of pyridine rings is 1. The van der Waals surface area contributed by atoms with Gasteiger partial charge in [-0.1, -0.05) is 19.9 Å². The lowest BCUT2D eigenvalue weighted by Gasteiger charge is -2.11. The minimum absolute atomic E-state index is 0.240. The van der Waals surface area contributed by atoms with Crippen LogP contribution in [0.25, 0.3) is 0 Å². The number of hydrogen-bond acceptors (Lipinski definition) is 4. The topological polar surface area (TPSA) is 43.4 Å². The van der Waals surface area contributed by atoms with Gasteiger partial charge in [-0.2, -0.15) is 0 Å². The summed E-state index contributed by atoms with van der Waals surface area (Å²) in [6.45, 7) is 7.17. The average molecular weight is 250 g/mol. The van der Waals surface area contributed by atoms with E-state index in [0.717, 1.165) is 31.0 Å². The van der Waals surface area contributed by atoms with Gasteiger partial charge in [-0.05, 0) is 18.6 Å². The van der Waals surface area contributed by atoms with Crippen molar-refractivity contribution in [3.63, 3.8) is 0 Å². The Morgan fingerprint density at radius 2 is 2.28 bits per heavy atom. The van der Waals surface area contributed by atoms with E-state index in [2.05, 4.69) is 24.1 Å². The Hall–Kier alpha value is -0.970. The molecule has 1 atom stereocenters. The number of hydrogen-bond donors (Lipinski definition) is 1. The Kier molecular flexibility index (Phi) is 5.11. The van der Waals surface area contributed by atoms with Crippen molar-refractivity contribution in [3.8, 4) is 0 Å². The van der Waals surface area contributed by atoms with E-state index < -0.39 is 0 Å². The lowest BCUT2D eigenvalue weighted by atomic mass is 10.3. The van der Waals surface area contributed by atoms with Crippen molar-refractivity contribution in [1.29, 1.82) is 0 Å². The van der Waals surface area contributed by atoms with E-state index in [1.54, 1.807) is 0 Å². The molecule has 0 amide bonds. The van der Waals surface area contributed by atoms with Gasteiger partial charge in [0.1, 0.15) is 0 Å². The Morgan fingerprint density at radius 1 is 1.44 bits per heavy atom. The summed E-state index contributed by atoms with van der Waals surface area (Å²) in [5.74, 6) is 0. The summed E-state index contributed by atoms with van der Waals surface area (Å²) in [5.41, 5.74) is 2.05. The lowest BCUT2D eigenvalue weighted by molar-refractivity contribution is 0.0301. The van der Waals surface area contributed by atoms with E-state index in [9.17, 15) is 0 Å². The fraction of sp³-hybridized carbons (Fsp3) is 0.643. The molecule has 2 rings (SSSR count). The molecule has 4 heteroatoms. The van der Waals surface area contributed by atoms with Crippen LogP contribution in [0.1, 0.15) is 31.7 Å². The molecule has 1 N–H and O–H groups in total. The van der Waals surface area contributed by atoms with Gasteiger partial charge in [-0.25, -0.2) is 0 Å². The largest absolute Gasteiger partial charge is 0.379 e. The molecule has 0 spiro atoms.